The van der Waals surface area contributed by atoms with Crippen LogP contribution < -0.4 is 5.32 Å². The third-order valence-electron chi connectivity index (χ3n) is 5.69. The first-order valence-corrected chi connectivity index (χ1v) is 11.0. The molecular weight excluding hydrogens is 432 g/mol. The number of fused-ring (bicyclic) bond motifs is 1. The molecule has 0 radical (unpaired) electrons. The van der Waals surface area contributed by atoms with E-state index in [4.69, 9.17) is 16.7 Å². The summed E-state index contributed by atoms with van der Waals surface area (Å²) in [5.74, 6) is 0.691. The zero-order valence-corrected chi connectivity index (χ0v) is 18.3. The lowest BCUT2D eigenvalue weighted by Crippen LogP contribution is -2.20. The molecule has 1 atom stereocenters. The molecule has 1 N–H and O–H groups in total. The van der Waals surface area contributed by atoms with E-state index in [-0.39, 0.29) is 6.04 Å². The minimum Gasteiger partial charge on any atom is -0.324 e. The normalized spacial score (nSPS) is 14.9. The van der Waals surface area contributed by atoms with Crippen LogP contribution in [0.1, 0.15) is 17.2 Å². The lowest BCUT2D eigenvalue weighted by molar-refractivity contribution is 0.612. The molecule has 1 unspecified atom stereocenters. The largest absolute Gasteiger partial charge is 0.324 e. The molecule has 6 nitrogen and oxygen atoms in total. The number of para-hydroxylation sites is 1. The van der Waals surface area contributed by atoms with Crippen LogP contribution in [-0.4, -0.2) is 24.5 Å². The Bertz CT molecular complexity index is 1440. The SMILES string of the molecule is Clc1ccc(-c2nn(-c3ccccc3)cc2C2C=C(c3ccccc3)Nc3ncnn32)cc1. The molecule has 0 amide bonds. The molecule has 7 heteroatoms. The molecule has 6 rings (SSSR count). The summed E-state index contributed by atoms with van der Waals surface area (Å²) in [6, 6.07) is 27.9. The van der Waals surface area contributed by atoms with Gasteiger partial charge in [-0.05, 0) is 35.9 Å². The van der Waals surface area contributed by atoms with Crippen molar-refractivity contribution < 1.29 is 0 Å². The van der Waals surface area contributed by atoms with E-state index >= 15 is 0 Å². The molecule has 0 saturated carbocycles. The first-order chi connectivity index (χ1) is 16.3. The summed E-state index contributed by atoms with van der Waals surface area (Å²) < 4.78 is 3.80. The molecule has 0 fully saturated rings. The maximum absolute atomic E-state index is 6.16. The molecule has 5 aromatic rings. The maximum Gasteiger partial charge on any atom is 0.226 e. The van der Waals surface area contributed by atoms with Crippen LogP contribution in [0.5, 0.6) is 0 Å². The van der Waals surface area contributed by atoms with Gasteiger partial charge in [-0.15, -0.1) is 0 Å². The molecule has 1 aliphatic rings. The number of benzene rings is 3. The quantitative estimate of drug-likeness (QED) is 0.373. The van der Waals surface area contributed by atoms with Crippen molar-refractivity contribution in [3.05, 3.63) is 120 Å². The first-order valence-electron chi connectivity index (χ1n) is 10.6. The van der Waals surface area contributed by atoms with Crippen LogP contribution in [0.15, 0.2) is 104 Å². The fraction of sp³-hybridized carbons (Fsp3) is 0.0385. The summed E-state index contributed by atoms with van der Waals surface area (Å²) >= 11 is 6.16. The van der Waals surface area contributed by atoms with Crippen LogP contribution in [0.25, 0.3) is 22.6 Å². The van der Waals surface area contributed by atoms with Gasteiger partial charge in [-0.2, -0.15) is 15.2 Å². The minimum atomic E-state index is -0.193. The van der Waals surface area contributed by atoms with Gasteiger partial charge in [0.15, 0.2) is 0 Å². The number of hydrogen-bond donors (Lipinski definition) is 1. The van der Waals surface area contributed by atoms with Gasteiger partial charge >= 0.3 is 0 Å². The Morgan fingerprint density at radius 3 is 2.30 bits per heavy atom. The van der Waals surface area contributed by atoms with Crippen molar-refractivity contribution in [3.8, 4) is 16.9 Å². The molecule has 33 heavy (non-hydrogen) atoms. The lowest BCUT2D eigenvalue weighted by Gasteiger charge is -2.24. The summed E-state index contributed by atoms with van der Waals surface area (Å²) in [6.45, 7) is 0. The topological polar surface area (TPSA) is 60.6 Å². The molecule has 0 aliphatic carbocycles. The van der Waals surface area contributed by atoms with E-state index in [2.05, 4.69) is 39.8 Å². The van der Waals surface area contributed by atoms with E-state index in [0.29, 0.717) is 11.0 Å². The molecule has 0 spiro atoms. The first kappa shape index (κ1) is 19.5. The number of allylic oxidation sites excluding steroid dienone is 1. The Kier molecular flexibility index (Phi) is 4.78. The molecule has 3 heterocycles. The van der Waals surface area contributed by atoms with Gasteiger partial charge in [-0.25, -0.2) is 9.36 Å². The summed E-state index contributed by atoms with van der Waals surface area (Å²) in [4.78, 5) is 4.44. The van der Waals surface area contributed by atoms with Crippen LogP contribution in [0.4, 0.5) is 5.95 Å². The summed E-state index contributed by atoms with van der Waals surface area (Å²) in [7, 11) is 0. The van der Waals surface area contributed by atoms with Crippen molar-refractivity contribution >= 4 is 23.2 Å². The fourth-order valence-electron chi connectivity index (χ4n) is 4.09. The van der Waals surface area contributed by atoms with E-state index in [9.17, 15) is 0 Å². The van der Waals surface area contributed by atoms with Gasteiger partial charge in [0.1, 0.15) is 12.4 Å². The van der Waals surface area contributed by atoms with E-state index < -0.39 is 0 Å². The molecule has 0 bridgehead atoms. The Morgan fingerprint density at radius 2 is 1.55 bits per heavy atom. The Morgan fingerprint density at radius 1 is 0.818 bits per heavy atom. The highest BCUT2D eigenvalue weighted by Gasteiger charge is 2.28. The van der Waals surface area contributed by atoms with Gasteiger partial charge in [0.2, 0.25) is 5.95 Å². The zero-order valence-electron chi connectivity index (χ0n) is 17.5. The predicted molar refractivity (Wildman–Crippen MR) is 130 cm³/mol. The number of rotatable bonds is 4. The maximum atomic E-state index is 6.16. The standard InChI is InChI=1S/C26H19ClN6/c27-20-13-11-19(12-14-20)25-22(16-32(31-25)21-9-5-2-6-10-21)24-15-23(18-7-3-1-4-8-18)30-26-28-17-29-33(24)26/h1-17,24H,(H,28,29,30). The highest BCUT2D eigenvalue weighted by atomic mass is 35.5. The average molecular weight is 451 g/mol. The number of anilines is 1. The van der Waals surface area contributed by atoms with E-state index in [1.54, 1.807) is 6.33 Å². The van der Waals surface area contributed by atoms with Crippen molar-refractivity contribution in [2.45, 2.75) is 6.04 Å². The number of aromatic nitrogens is 5. The highest BCUT2D eigenvalue weighted by Crippen LogP contribution is 2.37. The van der Waals surface area contributed by atoms with Gasteiger partial charge in [0.25, 0.3) is 0 Å². The highest BCUT2D eigenvalue weighted by molar-refractivity contribution is 6.30. The number of hydrogen-bond acceptors (Lipinski definition) is 4. The minimum absolute atomic E-state index is 0.193. The second-order valence-electron chi connectivity index (χ2n) is 7.76. The van der Waals surface area contributed by atoms with Crippen LogP contribution in [0, 0.1) is 0 Å². The third-order valence-corrected chi connectivity index (χ3v) is 5.94. The monoisotopic (exact) mass is 450 g/mol. The van der Waals surface area contributed by atoms with Crippen molar-refractivity contribution in [2.75, 3.05) is 5.32 Å². The summed E-state index contributed by atoms with van der Waals surface area (Å²) in [5, 5.41) is 13.6. The Balaban J connectivity index is 1.55. The number of halogens is 1. The Labute approximate surface area is 195 Å². The molecular formula is C26H19ClN6. The zero-order chi connectivity index (χ0) is 22.2. The molecule has 160 valence electrons. The third kappa shape index (κ3) is 3.60. The van der Waals surface area contributed by atoms with Crippen LogP contribution in [0.3, 0.4) is 0 Å². The predicted octanol–water partition coefficient (Wildman–Crippen LogP) is 5.84. The molecule has 3 aromatic carbocycles. The van der Waals surface area contributed by atoms with Crippen LogP contribution in [-0.2, 0) is 0 Å². The van der Waals surface area contributed by atoms with Crippen molar-refractivity contribution in [1.82, 2.24) is 24.5 Å². The van der Waals surface area contributed by atoms with Crippen molar-refractivity contribution in [2.24, 2.45) is 0 Å². The van der Waals surface area contributed by atoms with Gasteiger partial charge in [0.05, 0.1) is 11.4 Å². The summed E-state index contributed by atoms with van der Waals surface area (Å²) in [5.41, 5.74) is 5.92. The van der Waals surface area contributed by atoms with E-state index in [1.165, 1.54) is 0 Å². The number of nitrogens with zero attached hydrogens (tertiary/aromatic N) is 5. The summed E-state index contributed by atoms with van der Waals surface area (Å²) in [6.07, 6.45) is 5.81. The van der Waals surface area contributed by atoms with Gasteiger partial charge in [-0.3, -0.25) is 0 Å². The van der Waals surface area contributed by atoms with Crippen LogP contribution in [0.2, 0.25) is 5.02 Å². The van der Waals surface area contributed by atoms with Gasteiger partial charge in [-0.1, -0.05) is 72.3 Å². The van der Waals surface area contributed by atoms with Crippen LogP contribution >= 0.6 is 11.6 Å². The molecule has 2 aromatic heterocycles. The van der Waals surface area contributed by atoms with Gasteiger partial charge in [0, 0.05) is 28.0 Å². The van der Waals surface area contributed by atoms with Crippen molar-refractivity contribution in [3.63, 3.8) is 0 Å². The Hall–Kier alpha value is -4.16. The number of nitrogens with one attached hydrogen (secondary N) is 1. The van der Waals surface area contributed by atoms with E-state index in [1.807, 2.05) is 82.2 Å². The van der Waals surface area contributed by atoms with Gasteiger partial charge < -0.3 is 5.32 Å². The fourth-order valence-corrected chi connectivity index (χ4v) is 4.22. The molecule has 0 saturated heterocycles. The molecule has 1 aliphatic heterocycles. The average Bonchev–Trinajstić information content (AvgIpc) is 3.53. The second-order valence-corrected chi connectivity index (χ2v) is 8.20. The smallest absolute Gasteiger partial charge is 0.226 e. The van der Waals surface area contributed by atoms with Crippen molar-refractivity contribution in [1.29, 1.82) is 0 Å². The lowest BCUT2D eigenvalue weighted by atomic mass is 9.99. The van der Waals surface area contributed by atoms with E-state index in [0.717, 1.165) is 33.8 Å². The second kappa shape index (κ2) is 8.07.